The Hall–Kier alpha value is -0.220. The number of hydrogen-bond acceptors (Lipinski definition) is 3. The summed E-state index contributed by atoms with van der Waals surface area (Å²) >= 11 is 7.40. The average molecular weight is 246 g/mol. The summed E-state index contributed by atoms with van der Waals surface area (Å²) in [6.45, 7) is 0.874. The second-order valence-corrected chi connectivity index (χ2v) is 5.22. The molecule has 1 aromatic carbocycles. The van der Waals surface area contributed by atoms with Gasteiger partial charge in [-0.25, -0.2) is 0 Å². The highest BCUT2D eigenvalue weighted by atomic mass is 35.5. The third-order valence-electron chi connectivity index (χ3n) is 1.92. The molecule has 0 aliphatic carbocycles. The van der Waals surface area contributed by atoms with Crippen LogP contribution in [0.1, 0.15) is 6.42 Å². The molecule has 0 bridgehead atoms. The van der Waals surface area contributed by atoms with E-state index in [1.807, 2.05) is 38.4 Å². The fourth-order valence-electron chi connectivity index (χ4n) is 1.11. The quantitative estimate of drug-likeness (QED) is 0.638. The lowest BCUT2D eigenvalue weighted by atomic mass is 10.4. The molecule has 0 aliphatic rings. The SMILES string of the molecule is CN(C)CCC(O)Sc1ccccc1Cl. The average Bonchev–Trinajstić information content (AvgIpc) is 2.18. The highest BCUT2D eigenvalue weighted by Crippen LogP contribution is 2.30. The van der Waals surface area contributed by atoms with Gasteiger partial charge in [-0.2, -0.15) is 0 Å². The molecular weight excluding hydrogens is 230 g/mol. The van der Waals surface area contributed by atoms with Gasteiger partial charge in [0, 0.05) is 11.4 Å². The zero-order chi connectivity index (χ0) is 11.3. The number of benzene rings is 1. The Morgan fingerprint density at radius 1 is 1.40 bits per heavy atom. The predicted molar refractivity (Wildman–Crippen MR) is 66.5 cm³/mol. The van der Waals surface area contributed by atoms with Gasteiger partial charge in [0.05, 0.1) is 5.02 Å². The lowest BCUT2D eigenvalue weighted by Crippen LogP contribution is -2.17. The number of aliphatic hydroxyl groups is 1. The molecule has 0 fully saturated rings. The van der Waals surface area contributed by atoms with Crippen molar-refractivity contribution in [1.82, 2.24) is 4.90 Å². The Balaban J connectivity index is 2.44. The van der Waals surface area contributed by atoms with Crippen LogP contribution >= 0.6 is 23.4 Å². The smallest absolute Gasteiger partial charge is 0.105 e. The Morgan fingerprint density at radius 2 is 2.07 bits per heavy atom. The molecule has 15 heavy (non-hydrogen) atoms. The van der Waals surface area contributed by atoms with Crippen LogP contribution in [-0.4, -0.2) is 36.1 Å². The Labute approximate surface area is 100 Å². The second-order valence-electron chi connectivity index (χ2n) is 3.59. The van der Waals surface area contributed by atoms with Crippen molar-refractivity contribution in [3.8, 4) is 0 Å². The molecule has 1 rings (SSSR count). The predicted octanol–water partition coefficient (Wildman–Crippen LogP) is 2.70. The first-order valence-electron chi connectivity index (χ1n) is 4.83. The van der Waals surface area contributed by atoms with Gasteiger partial charge in [-0.05, 0) is 32.6 Å². The molecule has 84 valence electrons. The first-order chi connectivity index (χ1) is 7.09. The first kappa shape index (κ1) is 12.8. The zero-order valence-electron chi connectivity index (χ0n) is 8.98. The van der Waals surface area contributed by atoms with Crippen LogP contribution in [0, 0.1) is 0 Å². The molecule has 0 spiro atoms. The van der Waals surface area contributed by atoms with E-state index in [1.165, 1.54) is 11.8 Å². The third-order valence-corrected chi connectivity index (χ3v) is 3.48. The minimum absolute atomic E-state index is 0.396. The van der Waals surface area contributed by atoms with Gasteiger partial charge in [-0.1, -0.05) is 35.5 Å². The van der Waals surface area contributed by atoms with E-state index in [1.54, 1.807) is 0 Å². The third kappa shape index (κ3) is 4.89. The molecule has 0 saturated heterocycles. The molecule has 0 aliphatic heterocycles. The molecule has 0 aromatic heterocycles. The van der Waals surface area contributed by atoms with Crippen LogP contribution in [0.25, 0.3) is 0 Å². The molecule has 2 nitrogen and oxygen atoms in total. The number of halogens is 1. The summed E-state index contributed by atoms with van der Waals surface area (Å²) in [4.78, 5) is 2.99. The van der Waals surface area contributed by atoms with Gasteiger partial charge in [0.25, 0.3) is 0 Å². The number of nitrogens with zero attached hydrogens (tertiary/aromatic N) is 1. The van der Waals surface area contributed by atoms with Gasteiger partial charge in [0.2, 0.25) is 0 Å². The fraction of sp³-hybridized carbons (Fsp3) is 0.455. The molecule has 0 heterocycles. The molecule has 4 heteroatoms. The monoisotopic (exact) mass is 245 g/mol. The van der Waals surface area contributed by atoms with Crippen LogP contribution in [0.2, 0.25) is 5.02 Å². The Morgan fingerprint density at radius 3 is 2.67 bits per heavy atom. The van der Waals surface area contributed by atoms with Crippen molar-refractivity contribution in [2.75, 3.05) is 20.6 Å². The van der Waals surface area contributed by atoms with Crippen molar-refractivity contribution in [3.05, 3.63) is 29.3 Å². The van der Waals surface area contributed by atoms with Crippen molar-refractivity contribution in [2.24, 2.45) is 0 Å². The van der Waals surface area contributed by atoms with Crippen LogP contribution in [-0.2, 0) is 0 Å². The number of hydrogen-bond donors (Lipinski definition) is 1. The number of thioether (sulfide) groups is 1. The summed E-state index contributed by atoms with van der Waals surface area (Å²) in [7, 11) is 3.99. The lowest BCUT2D eigenvalue weighted by Gasteiger charge is -2.14. The first-order valence-corrected chi connectivity index (χ1v) is 6.09. The lowest BCUT2D eigenvalue weighted by molar-refractivity contribution is 0.232. The van der Waals surface area contributed by atoms with Crippen LogP contribution in [0.4, 0.5) is 0 Å². The molecule has 1 N–H and O–H groups in total. The number of rotatable bonds is 5. The normalized spacial score (nSPS) is 13.1. The van der Waals surface area contributed by atoms with Crippen molar-refractivity contribution in [1.29, 1.82) is 0 Å². The van der Waals surface area contributed by atoms with Crippen molar-refractivity contribution in [2.45, 2.75) is 16.8 Å². The standard InChI is InChI=1S/C11H16ClNOS/c1-13(2)8-7-11(14)15-10-6-4-3-5-9(10)12/h3-6,11,14H,7-8H2,1-2H3. The fourth-order valence-corrected chi connectivity index (χ4v) is 2.24. The van der Waals surface area contributed by atoms with Crippen LogP contribution < -0.4 is 0 Å². The summed E-state index contributed by atoms with van der Waals surface area (Å²) in [5, 5.41) is 10.5. The summed E-state index contributed by atoms with van der Waals surface area (Å²) in [5.74, 6) is 0. The molecule has 1 aromatic rings. The van der Waals surface area contributed by atoms with Crippen LogP contribution in [0.3, 0.4) is 0 Å². The molecule has 0 saturated carbocycles. The molecular formula is C11H16ClNOS. The van der Waals surface area contributed by atoms with Gasteiger partial charge in [0.1, 0.15) is 5.44 Å². The minimum atomic E-state index is -0.396. The van der Waals surface area contributed by atoms with E-state index in [4.69, 9.17) is 11.6 Å². The van der Waals surface area contributed by atoms with Crippen molar-refractivity contribution < 1.29 is 5.11 Å². The molecule has 0 amide bonds. The van der Waals surface area contributed by atoms with E-state index in [2.05, 4.69) is 4.90 Å². The Kier molecular flexibility index (Phi) is 5.47. The van der Waals surface area contributed by atoms with E-state index in [0.717, 1.165) is 17.9 Å². The highest BCUT2D eigenvalue weighted by molar-refractivity contribution is 7.99. The van der Waals surface area contributed by atoms with Crippen molar-refractivity contribution in [3.63, 3.8) is 0 Å². The van der Waals surface area contributed by atoms with E-state index >= 15 is 0 Å². The maximum absolute atomic E-state index is 9.75. The van der Waals surface area contributed by atoms with Gasteiger partial charge in [-0.3, -0.25) is 0 Å². The second kappa shape index (κ2) is 6.38. The van der Waals surface area contributed by atoms with Gasteiger partial charge in [-0.15, -0.1) is 0 Å². The summed E-state index contributed by atoms with van der Waals surface area (Å²) in [6.07, 6.45) is 0.739. The zero-order valence-corrected chi connectivity index (χ0v) is 10.6. The van der Waals surface area contributed by atoms with E-state index in [0.29, 0.717) is 5.02 Å². The maximum Gasteiger partial charge on any atom is 0.105 e. The van der Waals surface area contributed by atoms with Crippen LogP contribution in [0.15, 0.2) is 29.2 Å². The van der Waals surface area contributed by atoms with E-state index in [-0.39, 0.29) is 0 Å². The molecule has 0 radical (unpaired) electrons. The van der Waals surface area contributed by atoms with E-state index < -0.39 is 5.44 Å². The van der Waals surface area contributed by atoms with Crippen molar-refractivity contribution >= 4 is 23.4 Å². The largest absolute Gasteiger partial charge is 0.382 e. The Bertz CT molecular complexity index is 306. The van der Waals surface area contributed by atoms with Gasteiger partial charge in [0.15, 0.2) is 0 Å². The summed E-state index contributed by atoms with van der Waals surface area (Å²) in [5.41, 5.74) is -0.396. The minimum Gasteiger partial charge on any atom is -0.382 e. The van der Waals surface area contributed by atoms with Crippen LogP contribution in [0.5, 0.6) is 0 Å². The number of aliphatic hydroxyl groups excluding tert-OH is 1. The topological polar surface area (TPSA) is 23.5 Å². The maximum atomic E-state index is 9.75. The van der Waals surface area contributed by atoms with E-state index in [9.17, 15) is 5.11 Å². The summed E-state index contributed by atoms with van der Waals surface area (Å²) < 4.78 is 0. The summed E-state index contributed by atoms with van der Waals surface area (Å²) in [6, 6.07) is 7.57. The van der Waals surface area contributed by atoms with Gasteiger partial charge < -0.3 is 10.0 Å². The molecule has 1 unspecified atom stereocenters. The van der Waals surface area contributed by atoms with Gasteiger partial charge >= 0.3 is 0 Å². The highest BCUT2D eigenvalue weighted by Gasteiger charge is 2.08. The molecule has 1 atom stereocenters.